The van der Waals surface area contributed by atoms with Crippen LogP contribution in [0.15, 0.2) is 12.4 Å². The van der Waals surface area contributed by atoms with Gasteiger partial charge in [-0.1, -0.05) is 6.42 Å². The third kappa shape index (κ3) is 1.14. The van der Waals surface area contributed by atoms with Crippen LogP contribution in [0.3, 0.4) is 0 Å². The molecule has 1 unspecified atom stereocenters. The van der Waals surface area contributed by atoms with Gasteiger partial charge in [0.25, 0.3) is 0 Å². The van der Waals surface area contributed by atoms with Gasteiger partial charge in [-0.15, -0.1) is 0 Å². The molecule has 1 atom stereocenters. The molecule has 0 bridgehead atoms. The topological polar surface area (TPSA) is 38.0 Å². The Kier molecular flexibility index (Phi) is 1.89. The molecule has 0 aromatic carbocycles. The SMILES string of the molecule is Cn1ccnc1C(O)C1CCC1. The quantitative estimate of drug-likeness (QED) is 0.718. The van der Waals surface area contributed by atoms with Crippen molar-refractivity contribution in [3.05, 3.63) is 18.2 Å². The highest BCUT2D eigenvalue weighted by Crippen LogP contribution is 2.36. The molecule has 0 spiro atoms. The highest BCUT2D eigenvalue weighted by molar-refractivity contribution is 4.99. The largest absolute Gasteiger partial charge is 0.385 e. The van der Waals surface area contributed by atoms with Crippen LogP contribution >= 0.6 is 0 Å². The molecule has 66 valence electrons. The molecule has 2 rings (SSSR count). The Morgan fingerprint density at radius 2 is 2.42 bits per heavy atom. The van der Waals surface area contributed by atoms with Crippen molar-refractivity contribution in [2.75, 3.05) is 0 Å². The summed E-state index contributed by atoms with van der Waals surface area (Å²) in [5.74, 6) is 1.26. The lowest BCUT2D eigenvalue weighted by atomic mass is 9.81. The number of hydrogen-bond donors (Lipinski definition) is 1. The molecule has 1 N–H and O–H groups in total. The van der Waals surface area contributed by atoms with E-state index in [4.69, 9.17) is 0 Å². The Hall–Kier alpha value is -0.830. The number of aliphatic hydroxyl groups is 1. The van der Waals surface area contributed by atoms with Gasteiger partial charge in [0.1, 0.15) is 11.9 Å². The number of aryl methyl sites for hydroxylation is 1. The van der Waals surface area contributed by atoms with Gasteiger partial charge in [0.2, 0.25) is 0 Å². The van der Waals surface area contributed by atoms with Crippen LogP contribution in [-0.4, -0.2) is 14.7 Å². The molecule has 1 heterocycles. The van der Waals surface area contributed by atoms with Gasteiger partial charge >= 0.3 is 0 Å². The summed E-state index contributed by atoms with van der Waals surface area (Å²) >= 11 is 0. The van der Waals surface area contributed by atoms with Crippen LogP contribution < -0.4 is 0 Å². The molecule has 1 aliphatic rings. The van der Waals surface area contributed by atoms with Gasteiger partial charge in [0, 0.05) is 19.4 Å². The van der Waals surface area contributed by atoms with E-state index in [2.05, 4.69) is 4.98 Å². The normalized spacial score (nSPS) is 20.5. The molecule has 0 radical (unpaired) electrons. The van der Waals surface area contributed by atoms with E-state index in [9.17, 15) is 5.11 Å². The van der Waals surface area contributed by atoms with Crippen molar-refractivity contribution in [3.63, 3.8) is 0 Å². The van der Waals surface area contributed by atoms with Crippen molar-refractivity contribution in [2.45, 2.75) is 25.4 Å². The smallest absolute Gasteiger partial charge is 0.137 e. The lowest BCUT2D eigenvalue weighted by Crippen LogP contribution is -2.22. The fourth-order valence-electron chi connectivity index (χ4n) is 1.63. The zero-order valence-corrected chi connectivity index (χ0v) is 7.27. The van der Waals surface area contributed by atoms with E-state index in [1.807, 2.05) is 17.8 Å². The van der Waals surface area contributed by atoms with Crippen molar-refractivity contribution in [1.82, 2.24) is 9.55 Å². The van der Waals surface area contributed by atoms with Crippen LogP contribution in [0.4, 0.5) is 0 Å². The third-order valence-electron chi connectivity index (χ3n) is 2.72. The summed E-state index contributed by atoms with van der Waals surface area (Å²) in [7, 11) is 1.92. The Morgan fingerprint density at radius 3 is 2.83 bits per heavy atom. The van der Waals surface area contributed by atoms with Crippen LogP contribution in [0, 0.1) is 5.92 Å². The molecule has 1 aromatic heterocycles. The van der Waals surface area contributed by atoms with Crippen LogP contribution in [0.2, 0.25) is 0 Å². The third-order valence-corrected chi connectivity index (χ3v) is 2.72. The van der Waals surface area contributed by atoms with E-state index in [1.165, 1.54) is 6.42 Å². The second kappa shape index (κ2) is 2.90. The minimum absolute atomic E-state index is 0.348. The first-order chi connectivity index (χ1) is 5.79. The van der Waals surface area contributed by atoms with Crippen LogP contribution in [-0.2, 0) is 7.05 Å². The first-order valence-electron chi connectivity index (χ1n) is 4.44. The Labute approximate surface area is 72.0 Å². The molecule has 3 heteroatoms. The molecule has 12 heavy (non-hydrogen) atoms. The maximum atomic E-state index is 9.83. The van der Waals surface area contributed by atoms with Gasteiger partial charge in [0.05, 0.1) is 0 Å². The number of imidazole rings is 1. The van der Waals surface area contributed by atoms with Gasteiger partial charge in [0.15, 0.2) is 0 Å². The zero-order chi connectivity index (χ0) is 8.55. The molecule has 1 fully saturated rings. The highest BCUT2D eigenvalue weighted by Gasteiger charge is 2.28. The molecule has 1 aromatic rings. The Morgan fingerprint density at radius 1 is 1.67 bits per heavy atom. The summed E-state index contributed by atoms with van der Waals surface area (Å²) < 4.78 is 1.89. The van der Waals surface area contributed by atoms with Gasteiger partial charge < -0.3 is 9.67 Å². The Bertz CT molecular complexity index is 265. The Balaban J connectivity index is 2.13. The van der Waals surface area contributed by atoms with E-state index in [0.29, 0.717) is 5.92 Å². The summed E-state index contributed by atoms with van der Waals surface area (Å²) in [6.45, 7) is 0. The number of hydrogen-bond acceptors (Lipinski definition) is 2. The second-order valence-corrected chi connectivity index (χ2v) is 3.53. The van der Waals surface area contributed by atoms with Crippen molar-refractivity contribution in [2.24, 2.45) is 13.0 Å². The molecule has 3 nitrogen and oxygen atoms in total. The first kappa shape index (κ1) is 7.80. The fraction of sp³-hybridized carbons (Fsp3) is 0.667. The van der Waals surface area contributed by atoms with E-state index >= 15 is 0 Å². The van der Waals surface area contributed by atoms with E-state index in [0.717, 1.165) is 18.7 Å². The van der Waals surface area contributed by atoms with Crippen molar-refractivity contribution >= 4 is 0 Å². The summed E-state index contributed by atoms with van der Waals surface area (Å²) in [5.41, 5.74) is 0. The van der Waals surface area contributed by atoms with Crippen LogP contribution in [0.25, 0.3) is 0 Å². The predicted octanol–water partition coefficient (Wildman–Crippen LogP) is 1.25. The maximum Gasteiger partial charge on any atom is 0.137 e. The fourth-order valence-corrected chi connectivity index (χ4v) is 1.63. The maximum absolute atomic E-state index is 9.83. The number of nitrogens with zero attached hydrogens (tertiary/aromatic N) is 2. The lowest BCUT2D eigenvalue weighted by Gasteiger charge is -2.29. The average molecular weight is 166 g/mol. The molecule has 1 aliphatic carbocycles. The lowest BCUT2D eigenvalue weighted by molar-refractivity contribution is 0.0529. The number of aromatic nitrogens is 2. The van der Waals surface area contributed by atoms with Gasteiger partial charge in [-0.2, -0.15) is 0 Å². The minimum Gasteiger partial charge on any atom is -0.385 e. The monoisotopic (exact) mass is 166 g/mol. The zero-order valence-electron chi connectivity index (χ0n) is 7.27. The number of aliphatic hydroxyl groups excluding tert-OH is 1. The summed E-state index contributed by atoms with van der Waals surface area (Å²) in [5, 5.41) is 9.83. The molecule has 0 amide bonds. The number of rotatable bonds is 2. The molecule has 0 saturated heterocycles. The predicted molar refractivity (Wildman–Crippen MR) is 45.5 cm³/mol. The van der Waals surface area contributed by atoms with E-state index < -0.39 is 0 Å². The van der Waals surface area contributed by atoms with E-state index in [1.54, 1.807) is 6.20 Å². The van der Waals surface area contributed by atoms with E-state index in [-0.39, 0.29) is 6.10 Å². The van der Waals surface area contributed by atoms with Gasteiger partial charge in [-0.3, -0.25) is 0 Å². The van der Waals surface area contributed by atoms with Crippen LogP contribution in [0.1, 0.15) is 31.2 Å². The molecular formula is C9H14N2O. The second-order valence-electron chi connectivity index (χ2n) is 3.53. The van der Waals surface area contributed by atoms with Gasteiger partial charge in [-0.05, 0) is 18.8 Å². The average Bonchev–Trinajstić information content (AvgIpc) is 2.31. The molecule has 0 aliphatic heterocycles. The summed E-state index contributed by atoms with van der Waals surface area (Å²) in [6.07, 6.45) is 6.81. The van der Waals surface area contributed by atoms with Crippen molar-refractivity contribution < 1.29 is 5.11 Å². The summed E-state index contributed by atoms with van der Waals surface area (Å²) in [4.78, 5) is 4.13. The highest BCUT2D eigenvalue weighted by atomic mass is 16.3. The van der Waals surface area contributed by atoms with Crippen LogP contribution in [0.5, 0.6) is 0 Å². The van der Waals surface area contributed by atoms with Gasteiger partial charge in [-0.25, -0.2) is 4.98 Å². The minimum atomic E-state index is -0.348. The molecule has 1 saturated carbocycles. The summed E-state index contributed by atoms with van der Waals surface area (Å²) in [6, 6.07) is 0. The van der Waals surface area contributed by atoms with Crippen molar-refractivity contribution in [1.29, 1.82) is 0 Å². The first-order valence-corrected chi connectivity index (χ1v) is 4.44. The molecular weight excluding hydrogens is 152 g/mol. The van der Waals surface area contributed by atoms with Crippen molar-refractivity contribution in [3.8, 4) is 0 Å². The standard InChI is InChI=1S/C9H14N2O/c1-11-6-5-10-9(11)8(12)7-3-2-4-7/h5-8,12H,2-4H2,1H3.